The Morgan fingerprint density at radius 2 is 2.06 bits per heavy atom. The van der Waals surface area contributed by atoms with Gasteiger partial charge in [0.1, 0.15) is 12.2 Å². The fourth-order valence-corrected chi connectivity index (χ4v) is 1.83. The third-order valence-electron chi connectivity index (χ3n) is 2.62. The van der Waals surface area contributed by atoms with Gasteiger partial charge in [-0.15, -0.1) is 0 Å². The highest BCUT2D eigenvalue weighted by Gasteiger charge is 2.11. The van der Waals surface area contributed by atoms with Crippen molar-refractivity contribution in [3.63, 3.8) is 0 Å². The summed E-state index contributed by atoms with van der Waals surface area (Å²) >= 11 is 5.79. The van der Waals surface area contributed by atoms with Crippen molar-refractivity contribution in [2.75, 3.05) is 0 Å². The van der Waals surface area contributed by atoms with Gasteiger partial charge in [0, 0.05) is 17.1 Å². The molecule has 0 unspecified atom stereocenters. The van der Waals surface area contributed by atoms with E-state index in [0.717, 1.165) is 13.0 Å². The molecule has 18 heavy (non-hydrogen) atoms. The van der Waals surface area contributed by atoms with E-state index in [1.54, 1.807) is 28.9 Å². The van der Waals surface area contributed by atoms with Crippen LogP contribution in [-0.4, -0.2) is 20.5 Å². The average Bonchev–Trinajstić information content (AvgIpc) is 2.78. The molecule has 0 fully saturated rings. The van der Waals surface area contributed by atoms with E-state index in [4.69, 9.17) is 11.6 Å². The second-order valence-corrected chi connectivity index (χ2v) is 4.44. The Morgan fingerprint density at radius 1 is 1.33 bits per heavy atom. The zero-order valence-corrected chi connectivity index (χ0v) is 10.9. The Hall–Kier alpha value is -1.68. The Balaban J connectivity index is 2.11. The van der Waals surface area contributed by atoms with Crippen LogP contribution in [0.5, 0.6) is 0 Å². The van der Waals surface area contributed by atoms with Crippen molar-refractivity contribution in [3.8, 4) is 0 Å². The third-order valence-corrected chi connectivity index (χ3v) is 2.87. The van der Waals surface area contributed by atoms with Crippen molar-refractivity contribution in [1.29, 1.82) is 0 Å². The predicted molar refractivity (Wildman–Crippen MR) is 69.8 cm³/mol. The molecule has 94 valence electrons. The van der Waals surface area contributed by atoms with E-state index in [9.17, 15) is 4.79 Å². The van der Waals surface area contributed by atoms with Gasteiger partial charge in [-0.25, -0.2) is 9.67 Å². The van der Waals surface area contributed by atoms with Gasteiger partial charge in [-0.3, -0.25) is 4.79 Å². The molecule has 1 aromatic carbocycles. The summed E-state index contributed by atoms with van der Waals surface area (Å²) in [6, 6.07) is 6.88. The van der Waals surface area contributed by atoms with Crippen molar-refractivity contribution < 1.29 is 4.79 Å². The summed E-state index contributed by atoms with van der Waals surface area (Å²) in [5, 5.41) is 4.72. The molecule has 0 saturated heterocycles. The summed E-state index contributed by atoms with van der Waals surface area (Å²) in [6.07, 6.45) is 2.72. The summed E-state index contributed by atoms with van der Waals surface area (Å²) in [4.78, 5) is 16.2. The second kappa shape index (κ2) is 5.78. The summed E-state index contributed by atoms with van der Waals surface area (Å²) in [5.74, 6) is 0.730. The van der Waals surface area contributed by atoms with Crippen LogP contribution >= 0.6 is 11.6 Å². The molecule has 0 amide bonds. The van der Waals surface area contributed by atoms with Crippen molar-refractivity contribution in [2.24, 2.45) is 0 Å². The van der Waals surface area contributed by atoms with E-state index >= 15 is 0 Å². The molecule has 0 radical (unpaired) electrons. The lowest BCUT2D eigenvalue weighted by atomic mass is 10.1. The minimum atomic E-state index is 0.0250. The van der Waals surface area contributed by atoms with Crippen molar-refractivity contribution in [3.05, 3.63) is 47.0 Å². The predicted octanol–water partition coefficient (Wildman–Crippen LogP) is 2.77. The highest BCUT2D eigenvalue weighted by Crippen LogP contribution is 2.11. The maximum Gasteiger partial charge on any atom is 0.170 e. The van der Waals surface area contributed by atoms with Crippen LogP contribution in [0, 0.1) is 0 Å². The Kier molecular flexibility index (Phi) is 4.10. The van der Waals surface area contributed by atoms with Gasteiger partial charge in [0.05, 0.1) is 6.42 Å². The first-order valence-corrected chi connectivity index (χ1v) is 6.24. The first-order chi connectivity index (χ1) is 8.70. The highest BCUT2D eigenvalue weighted by atomic mass is 35.5. The quantitative estimate of drug-likeness (QED) is 0.780. The molecule has 0 bridgehead atoms. The molecule has 0 atom stereocenters. The molecular formula is C13H14ClN3O. The number of halogens is 1. The van der Waals surface area contributed by atoms with Crippen LogP contribution in [0.3, 0.4) is 0 Å². The van der Waals surface area contributed by atoms with Gasteiger partial charge in [0.15, 0.2) is 5.78 Å². The van der Waals surface area contributed by atoms with E-state index in [-0.39, 0.29) is 12.2 Å². The normalized spacial score (nSPS) is 10.6. The molecule has 0 aliphatic rings. The molecule has 0 aliphatic heterocycles. The molecule has 2 rings (SSSR count). The molecule has 2 aromatic rings. The van der Waals surface area contributed by atoms with E-state index in [2.05, 4.69) is 17.0 Å². The number of rotatable bonds is 5. The van der Waals surface area contributed by atoms with Crippen LogP contribution in [-0.2, 0) is 13.0 Å². The van der Waals surface area contributed by atoms with Gasteiger partial charge < -0.3 is 0 Å². The van der Waals surface area contributed by atoms with E-state index in [1.807, 2.05) is 0 Å². The SMILES string of the molecule is CCCn1ncnc1CC(=O)c1ccc(Cl)cc1. The summed E-state index contributed by atoms with van der Waals surface area (Å²) < 4.78 is 1.77. The third kappa shape index (κ3) is 2.96. The molecule has 1 heterocycles. The van der Waals surface area contributed by atoms with Crippen LogP contribution in [0.1, 0.15) is 29.5 Å². The molecule has 0 N–H and O–H groups in total. The van der Waals surface area contributed by atoms with Crippen molar-refractivity contribution >= 4 is 17.4 Å². The number of ketones is 1. The van der Waals surface area contributed by atoms with E-state index in [0.29, 0.717) is 16.4 Å². The van der Waals surface area contributed by atoms with Gasteiger partial charge >= 0.3 is 0 Å². The molecule has 5 heteroatoms. The zero-order chi connectivity index (χ0) is 13.0. The lowest BCUT2D eigenvalue weighted by molar-refractivity contribution is 0.0989. The van der Waals surface area contributed by atoms with Crippen molar-refractivity contribution in [2.45, 2.75) is 26.3 Å². The molecule has 1 aromatic heterocycles. The van der Waals surface area contributed by atoms with E-state index in [1.165, 1.54) is 6.33 Å². The maximum absolute atomic E-state index is 12.1. The summed E-state index contributed by atoms with van der Waals surface area (Å²) in [7, 11) is 0. The zero-order valence-electron chi connectivity index (χ0n) is 10.1. The monoisotopic (exact) mass is 263 g/mol. The first kappa shape index (κ1) is 12.8. The van der Waals surface area contributed by atoms with Crippen molar-refractivity contribution in [1.82, 2.24) is 14.8 Å². The summed E-state index contributed by atoms with van der Waals surface area (Å²) in [6.45, 7) is 2.84. The molecule has 0 spiro atoms. The van der Waals surface area contributed by atoms with Crippen LogP contribution in [0.4, 0.5) is 0 Å². The number of aromatic nitrogens is 3. The Bertz CT molecular complexity index is 533. The van der Waals surface area contributed by atoms with Gasteiger partial charge in [0.25, 0.3) is 0 Å². The Morgan fingerprint density at radius 3 is 2.72 bits per heavy atom. The second-order valence-electron chi connectivity index (χ2n) is 4.01. The number of carbonyl (C=O) groups is 1. The van der Waals surface area contributed by atoms with Crippen LogP contribution < -0.4 is 0 Å². The number of hydrogen-bond donors (Lipinski definition) is 0. The van der Waals surface area contributed by atoms with Crippen LogP contribution in [0.15, 0.2) is 30.6 Å². The van der Waals surface area contributed by atoms with Gasteiger partial charge in [0.2, 0.25) is 0 Å². The number of aryl methyl sites for hydroxylation is 1. The topological polar surface area (TPSA) is 47.8 Å². The largest absolute Gasteiger partial charge is 0.294 e. The minimum Gasteiger partial charge on any atom is -0.294 e. The van der Waals surface area contributed by atoms with Gasteiger partial charge in [-0.1, -0.05) is 18.5 Å². The average molecular weight is 264 g/mol. The number of nitrogens with zero attached hydrogens (tertiary/aromatic N) is 3. The number of carbonyl (C=O) groups excluding carboxylic acids is 1. The molecule has 0 aliphatic carbocycles. The minimum absolute atomic E-state index is 0.0250. The fraction of sp³-hybridized carbons (Fsp3) is 0.308. The molecule has 0 saturated carbocycles. The first-order valence-electron chi connectivity index (χ1n) is 5.86. The smallest absolute Gasteiger partial charge is 0.170 e. The standard InChI is InChI=1S/C13H14ClN3O/c1-2-7-17-13(15-9-16-17)8-12(18)10-3-5-11(14)6-4-10/h3-6,9H,2,7-8H2,1H3. The van der Waals surface area contributed by atoms with Gasteiger partial charge in [-0.05, 0) is 30.7 Å². The molecular weight excluding hydrogens is 250 g/mol. The number of hydrogen-bond acceptors (Lipinski definition) is 3. The van der Waals surface area contributed by atoms with Crippen LogP contribution in [0.25, 0.3) is 0 Å². The number of Topliss-reactive ketones (excluding diaryl/α,β-unsaturated/α-hetero) is 1. The maximum atomic E-state index is 12.1. The van der Waals surface area contributed by atoms with Crippen LogP contribution in [0.2, 0.25) is 5.02 Å². The van der Waals surface area contributed by atoms with E-state index < -0.39 is 0 Å². The van der Waals surface area contributed by atoms with Gasteiger partial charge in [-0.2, -0.15) is 5.10 Å². The highest BCUT2D eigenvalue weighted by molar-refractivity contribution is 6.30. The lowest BCUT2D eigenvalue weighted by Gasteiger charge is -2.04. The Labute approximate surface area is 111 Å². The summed E-state index contributed by atoms with van der Waals surface area (Å²) in [5.41, 5.74) is 0.644. The molecule has 4 nitrogen and oxygen atoms in total. The fourth-order valence-electron chi connectivity index (χ4n) is 1.71. The lowest BCUT2D eigenvalue weighted by Crippen LogP contribution is -2.11. The number of benzene rings is 1.